The van der Waals surface area contributed by atoms with Gasteiger partial charge in [-0.3, -0.25) is 20.3 Å². The molecule has 0 saturated carbocycles. The van der Waals surface area contributed by atoms with Crippen LogP contribution in [0.4, 0.5) is 10.5 Å². The van der Waals surface area contributed by atoms with Gasteiger partial charge in [-0.05, 0) is 37.1 Å². The number of anilines is 1. The van der Waals surface area contributed by atoms with Crippen molar-refractivity contribution in [2.24, 2.45) is 0 Å². The zero-order chi connectivity index (χ0) is 17.9. The minimum atomic E-state index is -0.576. The van der Waals surface area contributed by atoms with Crippen molar-refractivity contribution in [3.8, 4) is 0 Å². The summed E-state index contributed by atoms with van der Waals surface area (Å²) in [5.74, 6) is -0.322. The highest BCUT2D eigenvalue weighted by Gasteiger charge is 2.54. The highest BCUT2D eigenvalue weighted by atomic mass is 16.3. The van der Waals surface area contributed by atoms with Crippen molar-refractivity contribution in [1.29, 1.82) is 0 Å². The molecule has 3 saturated heterocycles. The number of aliphatic hydroxyl groups is 1. The molecular formula is C17H23N5O3. The minimum absolute atomic E-state index is 0.251. The standard InChI is InChI=1S/C17H23N5O3/c1-9-4-10(2)6-11(5-9)21-7-12(23)8-22-13-14(18-16(21)22)20(3)17(25)19-15(13)24/h4-6,12-14,16,18,23H,7-8H2,1-3H3,(H,19,24,25). The molecule has 0 bridgehead atoms. The van der Waals surface area contributed by atoms with E-state index in [1.54, 1.807) is 7.05 Å². The van der Waals surface area contributed by atoms with E-state index in [2.05, 4.69) is 33.7 Å². The van der Waals surface area contributed by atoms with Crippen LogP contribution in [0.5, 0.6) is 0 Å². The third kappa shape index (κ3) is 2.57. The number of benzene rings is 1. The third-order valence-corrected chi connectivity index (χ3v) is 5.19. The monoisotopic (exact) mass is 345 g/mol. The van der Waals surface area contributed by atoms with E-state index in [9.17, 15) is 14.7 Å². The SMILES string of the molecule is Cc1cc(C)cc(N2CC(O)CN3C4C(=O)NC(=O)N(C)C4NC23)c1. The normalized spacial score (nSPS) is 32.5. The lowest BCUT2D eigenvalue weighted by Gasteiger charge is -2.44. The van der Waals surface area contributed by atoms with E-state index in [1.807, 2.05) is 18.7 Å². The van der Waals surface area contributed by atoms with Gasteiger partial charge in [0.25, 0.3) is 0 Å². The van der Waals surface area contributed by atoms with E-state index in [4.69, 9.17) is 0 Å². The van der Waals surface area contributed by atoms with Gasteiger partial charge in [0.2, 0.25) is 5.91 Å². The van der Waals surface area contributed by atoms with Gasteiger partial charge in [0.1, 0.15) is 18.5 Å². The summed E-state index contributed by atoms with van der Waals surface area (Å²) in [5, 5.41) is 16.2. The molecule has 0 radical (unpaired) electrons. The molecule has 4 rings (SSSR count). The number of hydrogen-bond acceptors (Lipinski definition) is 6. The molecule has 25 heavy (non-hydrogen) atoms. The van der Waals surface area contributed by atoms with E-state index in [-0.39, 0.29) is 12.2 Å². The van der Waals surface area contributed by atoms with Gasteiger partial charge in [-0.15, -0.1) is 0 Å². The molecule has 3 fully saturated rings. The van der Waals surface area contributed by atoms with Crippen molar-refractivity contribution in [2.45, 2.75) is 38.4 Å². The minimum Gasteiger partial charge on any atom is -0.390 e. The summed E-state index contributed by atoms with van der Waals surface area (Å²) in [6.07, 6.45) is -1.24. The first-order valence-electron chi connectivity index (χ1n) is 8.47. The number of hydrogen-bond donors (Lipinski definition) is 3. The van der Waals surface area contributed by atoms with Crippen LogP contribution in [0.2, 0.25) is 0 Å². The van der Waals surface area contributed by atoms with E-state index >= 15 is 0 Å². The number of likely N-dealkylation sites (N-methyl/N-ethyl adjacent to an activating group) is 1. The summed E-state index contributed by atoms with van der Waals surface area (Å²) in [5.41, 5.74) is 3.27. The zero-order valence-corrected chi connectivity index (χ0v) is 14.6. The lowest BCUT2D eigenvalue weighted by atomic mass is 10.1. The number of aliphatic hydroxyl groups excluding tert-OH is 1. The van der Waals surface area contributed by atoms with E-state index < -0.39 is 24.3 Å². The van der Waals surface area contributed by atoms with Crippen molar-refractivity contribution < 1.29 is 14.7 Å². The number of imide groups is 1. The molecule has 0 spiro atoms. The number of nitrogens with one attached hydrogen (secondary N) is 2. The van der Waals surface area contributed by atoms with Crippen LogP contribution in [-0.4, -0.2) is 71.6 Å². The van der Waals surface area contributed by atoms with E-state index in [0.717, 1.165) is 16.8 Å². The smallest absolute Gasteiger partial charge is 0.325 e. The molecule has 4 atom stereocenters. The number of rotatable bonds is 1. The Hall–Kier alpha value is -2.16. The number of nitrogens with zero attached hydrogens (tertiary/aromatic N) is 3. The Morgan fingerprint density at radius 3 is 2.48 bits per heavy atom. The van der Waals surface area contributed by atoms with Crippen LogP contribution < -0.4 is 15.5 Å². The highest BCUT2D eigenvalue weighted by molar-refractivity contribution is 6.00. The van der Waals surface area contributed by atoms with Crippen LogP contribution in [0.25, 0.3) is 0 Å². The Morgan fingerprint density at radius 1 is 1.12 bits per heavy atom. The maximum Gasteiger partial charge on any atom is 0.325 e. The number of amides is 3. The van der Waals surface area contributed by atoms with Gasteiger partial charge >= 0.3 is 6.03 Å². The van der Waals surface area contributed by atoms with E-state index in [1.165, 1.54) is 4.90 Å². The Kier molecular flexibility index (Phi) is 3.71. The van der Waals surface area contributed by atoms with Crippen LogP contribution >= 0.6 is 0 Å². The number of carbonyl (C=O) groups is 2. The predicted molar refractivity (Wildman–Crippen MR) is 91.8 cm³/mol. The van der Waals surface area contributed by atoms with Gasteiger partial charge in [0.15, 0.2) is 0 Å². The van der Waals surface area contributed by atoms with Crippen LogP contribution in [-0.2, 0) is 4.79 Å². The maximum atomic E-state index is 12.4. The van der Waals surface area contributed by atoms with Gasteiger partial charge in [-0.25, -0.2) is 4.79 Å². The van der Waals surface area contributed by atoms with Gasteiger partial charge in [-0.1, -0.05) is 6.07 Å². The molecule has 8 nitrogen and oxygen atoms in total. The predicted octanol–water partition coefficient (Wildman–Crippen LogP) is -0.451. The molecular weight excluding hydrogens is 322 g/mol. The molecule has 134 valence electrons. The molecule has 3 amide bonds. The molecule has 3 aliphatic heterocycles. The van der Waals surface area contributed by atoms with Crippen LogP contribution in [0.3, 0.4) is 0 Å². The van der Waals surface area contributed by atoms with Crippen LogP contribution in [0, 0.1) is 13.8 Å². The lowest BCUT2D eigenvalue weighted by molar-refractivity contribution is -0.128. The van der Waals surface area contributed by atoms with Gasteiger partial charge < -0.3 is 14.9 Å². The molecule has 8 heteroatoms. The first-order valence-corrected chi connectivity index (χ1v) is 8.47. The molecule has 3 heterocycles. The summed E-state index contributed by atoms with van der Waals surface area (Å²) in [7, 11) is 1.67. The molecule has 3 N–H and O–H groups in total. The Bertz CT molecular complexity index is 719. The second-order valence-electron chi connectivity index (χ2n) is 7.18. The van der Waals surface area contributed by atoms with Crippen molar-refractivity contribution >= 4 is 17.6 Å². The van der Waals surface area contributed by atoms with Crippen molar-refractivity contribution in [1.82, 2.24) is 20.4 Å². The summed E-state index contributed by atoms with van der Waals surface area (Å²) < 4.78 is 0. The summed E-state index contributed by atoms with van der Waals surface area (Å²) >= 11 is 0. The Labute approximate surface area is 146 Å². The van der Waals surface area contributed by atoms with Gasteiger partial charge in [-0.2, -0.15) is 0 Å². The maximum absolute atomic E-state index is 12.4. The molecule has 3 aliphatic rings. The lowest BCUT2D eigenvalue weighted by Crippen LogP contribution is -2.66. The quantitative estimate of drug-likeness (QED) is 0.639. The van der Waals surface area contributed by atoms with Crippen molar-refractivity contribution in [3.63, 3.8) is 0 Å². The molecule has 4 unspecified atom stereocenters. The number of β-amino-alcohol motifs (C(OH)–C–C–N with tert-alkyl or cyclic N) is 1. The first kappa shape index (κ1) is 16.3. The largest absolute Gasteiger partial charge is 0.390 e. The Balaban J connectivity index is 1.72. The molecule has 0 aliphatic carbocycles. The van der Waals surface area contributed by atoms with E-state index in [0.29, 0.717) is 13.1 Å². The summed E-state index contributed by atoms with van der Waals surface area (Å²) in [4.78, 5) is 29.9. The second kappa shape index (κ2) is 5.69. The summed E-state index contributed by atoms with van der Waals surface area (Å²) in [6, 6.07) is 5.32. The topological polar surface area (TPSA) is 88.1 Å². The van der Waals surface area contributed by atoms with Crippen molar-refractivity contribution in [2.75, 3.05) is 25.0 Å². The molecule has 1 aromatic carbocycles. The van der Waals surface area contributed by atoms with Crippen LogP contribution in [0.1, 0.15) is 11.1 Å². The van der Waals surface area contributed by atoms with Crippen LogP contribution in [0.15, 0.2) is 18.2 Å². The first-order chi connectivity index (χ1) is 11.8. The highest BCUT2D eigenvalue weighted by Crippen LogP contribution is 2.32. The third-order valence-electron chi connectivity index (χ3n) is 5.19. The second-order valence-corrected chi connectivity index (χ2v) is 7.18. The summed E-state index contributed by atoms with van der Waals surface area (Å²) in [6.45, 7) is 4.93. The average molecular weight is 345 g/mol. The number of fused-ring (bicyclic) bond motifs is 3. The number of urea groups is 1. The molecule has 1 aromatic rings. The Morgan fingerprint density at radius 2 is 1.80 bits per heavy atom. The fraction of sp³-hybridized carbons (Fsp3) is 0.529. The molecule has 0 aromatic heterocycles. The van der Waals surface area contributed by atoms with Gasteiger partial charge in [0.05, 0.1) is 6.10 Å². The number of aryl methyl sites for hydroxylation is 2. The average Bonchev–Trinajstić information content (AvgIpc) is 2.90. The van der Waals surface area contributed by atoms with Crippen molar-refractivity contribution in [3.05, 3.63) is 29.3 Å². The fourth-order valence-electron chi connectivity index (χ4n) is 4.16. The van der Waals surface area contributed by atoms with Gasteiger partial charge in [0, 0.05) is 25.8 Å². The number of carbonyl (C=O) groups excluding carboxylic acids is 2. The fourth-order valence-corrected chi connectivity index (χ4v) is 4.16. The zero-order valence-electron chi connectivity index (χ0n) is 14.6.